The first-order chi connectivity index (χ1) is 8.31. The number of hydrogen-bond donors (Lipinski definition) is 0. The predicted octanol–water partition coefficient (Wildman–Crippen LogP) is 3.30. The van der Waals surface area contributed by atoms with Crippen molar-refractivity contribution < 1.29 is 4.42 Å². The van der Waals surface area contributed by atoms with Crippen LogP contribution < -0.4 is 0 Å². The monoisotopic (exact) mass is 265 g/mol. The summed E-state index contributed by atoms with van der Waals surface area (Å²) < 4.78 is 6.79. The van der Waals surface area contributed by atoms with Crippen LogP contribution in [0.2, 0.25) is 5.02 Å². The van der Waals surface area contributed by atoms with Crippen LogP contribution in [0.4, 0.5) is 0 Å². The van der Waals surface area contributed by atoms with Crippen molar-refractivity contribution >= 4 is 22.9 Å². The standard InChI is InChI=1S/C11H8ClN3OS/c12-9-3-13-15(4-9)5-10-7-17-11(14-10)8-1-2-16-6-8/h1-4,6-7H,5H2. The highest BCUT2D eigenvalue weighted by atomic mass is 35.5. The minimum atomic E-state index is 0.626. The molecule has 0 spiro atoms. The summed E-state index contributed by atoms with van der Waals surface area (Å²) in [7, 11) is 0. The zero-order valence-electron chi connectivity index (χ0n) is 8.71. The van der Waals surface area contributed by atoms with E-state index in [1.165, 1.54) is 0 Å². The SMILES string of the molecule is Clc1cnn(Cc2csc(-c3ccoc3)n2)c1. The molecule has 0 amide bonds. The number of halogens is 1. The summed E-state index contributed by atoms with van der Waals surface area (Å²) in [5, 5.41) is 7.71. The molecule has 0 radical (unpaired) electrons. The first kappa shape index (κ1) is 10.6. The molecule has 0 saturated carbocycles. The minimum absolute atomic E-state index is 0.626. The van der Waals surface area contributed by atoms with Gasteiger partial charge in [-0.15, -0.1) is 11.3 Å². The molecule has 3 aromatic rings. The van der Waals surface area contributed by atoms with Crippen molar-refractivity contribution in [1.29, 1.82) is 0 Å². The molecule has 0 aromatic carbocycles. The summed E-state index contributed by atoms with van der Waals surface area (Å²) in [4.78, 5) is 4.51. The van der Waals surface area contributed by atoms with Gasteiger partial charge in [-0.25, -0.2) is 4.98 Å². The highest BCUT2D eigenvalue weighted by Gasteiger charge is 2.06. The van der Waals surface area contributed by atoms with E-state index < -0.39 is 0 Å². The molecule has 0 saturated heterocycles. The lowest BCUT2D eigenvalue weighted by molar-refractivity contribution is 0.568. The van der Waals surface area contributed by atoms with Crippen molar-refractivity contribution in [3.8, 4) is 10.6 Å². The van der Waals surface area contributed by atoms with Crippen LogP contribution in [0.25, 0.3) is 10.6 Å². The minimum Gasteiger partial charge on any atom is -0.472 e. The maximum absolute atomic E-state index is 5.80. The van der Waals surface area contributed by atoms with E-state index in [1.807, 2.05) is 11.4 Å². The molecule has 4 nitrogen and oxygen atoms in total. The number of aromatic nitrogens is 3. The van der Waals surface area contributed by atoms with E-state index in [4.69, 9.17) is 16.0 Å². The quantitative estimate of drug-likeness (QED) is 0.730. The Morgan fingerprint density at radius 1 is 1.47 bits per heavy atom. The molecule has 0 aliphatic rings. The van der Waals surface area contributed by atoms with Gasteiger partial charge in [0.1, 0.15) is 11.3 Å². The molecule has 0 aliphatic carbocycles. The van der Waals surface area contributed by atoms with Gasteiger partial charge in [0.05, 0.1) is 29.7 Å². The van der Waals surface area contributed by atoms with Gasteiger partial charge in [-0.05, 0) is 6.07 Å². The molecular weight excluding hydrogens is 258 g/mol. The smallest absolute Gasteiger partial charge is 0.126 e. The first-order valence-electron chi connectivity index (χ1n) is 4.96. The fourth-order valence-corrected chi connectivity index (χ4v) is 2.44. The Labute approximate surface area is 106 Å². The summed E-state index contributed by atoms with van der Waals surface area (Å²) in [6.45, 7) is 0.626. The largest absolute Gasteiger partial charge is 0.472 e. The van der Waals surface area contributed by atoms with Crippen molar-refractivity contribution in [2.75, 3.05) is 0 Å². The van der Waals surface area contributed by atoms with Crippen LogP contribution in [-0.2, 0) is 6.54 Å². The Hall–Kier alpha value is -1.59. The van der Waals surface area contributed by atoms with Gasteiger partial charge in [0, 0.05) is 17.1 Å². The fraction of sp³-hybridized carbons (Fsp3) is 0.0909. The number of hydrogen-bond acceptors (Lipinski definition) is 4. The van der Waals surface area contributed by atoms with Crippen LogP contribution in [0.3, 0.4) is 0 Å². The topological polar surface area (TPSA) is 43.9 Å². The lowest BCUT2D eigenvalue weighted by atomic mass is 10.3. The number of rotatable bonds is 3. The van der Waals surface area contributed by atoms with Gasteiger partial charge < -0.3 is 4.42 Å². The summed E-state index contributed by atoms with van der Waals surface area (Å²) >= 11 is 7.39. The van der Waals surface area contributed by atoms with E-state index >= 15 is 0 Å². The van der Waals surface area contributed by atoms with E-state index in [-0.39, 0.29) is 0 Å². The van der Waals surface area contributed by atoms with Crippen molar-refractivity contribution in [1.82, 2.24) is 14.8 Å². The molecule has 3 heterocycles. The Kier molecular flexibility index (Phi) is 2.70. The molecule has 0 aliphatic heterocycles. The third kappa shape index (κ3) is 2.25. The Balaban J connectivity index is 1.81. The van der Waals surface area contributed by atoms with Crippen LogP contribution in [0.1, 0.15) is 5.69 Å². The zero-order chi connectivity index (χ0) is 11.7. The second-order valence-corrected chi connectivity index (χ2v) is 4.81. The van der Waals surface area contributed by atoms with Gasteiger partial charge in [-0.3, -0.25) is 4.68 Å². The van der Waals surface area contributed by atoms with Crippen molar-refractivity contribution in [3.63, 3.8) is 0 Å². The van der Waals surface area contributed by atoms with E-state index in [2.05, 4.69) is 10.1 Å². The van der Waals surface area contributed by atoms with Crippen LogP contribution in [0.5, 0.6) is 0 Å². The third-order valence-electron chi connectivity index (χ3n) is 2.25. The maximum atomic E-state index is 5.80. The molecule has 3 aromatic heterocycles. The van der Waals surface area contributed by atoms with Crippen LogP contribution in [0.15, 0.2) is 40.8 Å². The lowest BCUT2D eigenvalue weighted by Gasteiger charge is -1.95. The first-order valence-corrected chi connectivity index (χ1v) is 6.22. The van der Waals surface area contributed by atoms with E-state index in [1.54, 1.807) is 40.9 Å². The molecule has 0 fully saturated rings. The van der Waals surface area contributed by atoms with Crippen molar-refractivity contribution in [3.05, 3.63) is 47.1 Å². The summed E-state index contributed by atoms with van der Waals surface area (Å²) in [5.41, 5.74) is 1.96. The normalized spacial score (nSPS) is 10.9. The lowest BCUT2D eigenvalue weighted by Crippen LogP contribution is -1.99. The molecule has 0 bridgehead atoms. The average molecular weight is 266 g/mol. The second kappa shape index (κ2) is 4.35. The van der Waals surface area contributed by atoms with Crippen molar-refractivity contribution in [2.24, 2.45) is 0 Å². The number of furan rings is 1. The Morgan fingerprint density at radius 3 is 3.12 bits per heavy atom. The van der Waals surface area contributed by atoms with Crippen LogP contribution in [0, 0.1) is 0 Å². The van der Waals surface area contributed by atoms with Crippen LogP contribution >= 0.6 is 22.9 Å². The fourth-order valence-electron chi connectivity index (χ4n) is 1.49. The molecule has 0 atom stereocenters. The number of nitrogens with zero attached hydrogens (tertiary/aromatic N) is 3. The maximum Gasteiger partial charge on any atom is 0.126 e. The van der Waals surface area contributed by atoms with E-state index in [9.17, 15) is 0 Å². The molecule has 17 heavy (non-hydrogen) atoms. The van der Waals surface area contributed by atoms with Crippen molar-refractivity contribution in [2.45, 2.75) is 6.54 Å². The molecule has 3 rings (SSSR count). The van der Waals surface area contributed by atoms with Gasteiger partial charge in [-0.1, -0.05) is 11.6 Å². The Morgan fingerprint density at radius 2 is 2.41 bits per heavy atom. The van der Waals surface area contributed by atoms with Gasteiger partial charge >= 0.3 is 0 Å². The number of thiazole rings is 1. The molecule has 0 N–H and O–H groups in total. The van der Waals surface area contributed by atoms with Gasteiger partial charge in [0.2, 0.25) is 0 Å². The highest BCUT2D eigenvalue weighted by molar-refractivity contribution is 7.13. The molecule has 86 valence electrons. The average Bonchev–Trinajstić information content (AvgIpc) is 3.00. The highest BCUT2D eigenvalue weighted by Crippen LogP contribution is 2.24. The van der Waals surface area contributed by atoms with Gasteiger partial charge in [0.25, 0.3) is 0 Å². The summed E-state index contributed by atoms with van der Waals surface area (Å²) in [6, 6.07) is 1.90. The molecule has 6 heteroatoms. The van der Waals surface area contributed by atoms with Gasteiger partial charge in [-0.2, -0.15) is 5.10 Å². The van der Waals surface area contributed by atoms with Gasteiger partial charge in [0.15, 0.2) is 0 Å². The van der Waals surface area contributed by atoms with Crippen LogP contribution in [-0.4, -0.2) is 14.8 Å². The second-order valence-electron chi connectivity index (χ2n) is 3.51. The summed E-state index contributed by atoms with van der Waals surface area (Å²) in [5.74, 6) is 0. The molecular formula is C11H8ClN3OS. The third-order valence-corrected chi connectivity index (χ3v) is 3.38. The zero-order valence-corrected chi connectivity index (χ0v) is 10.3. The predicted molar refractivity (Wildman–Crippen MR) is 66.2 cm³/mol. The van der Waals surface area contributed by atoms with E-state index in [0.29, 0.717) is 11.6 Å². The Bertz CT molecular complexity index is 614. The summed E-state index contributed by atoms with van der Waals surface area (Å²) in [6.07, 6.45) is 6.72. The molecule has 0 unspecified atom stereocenters. The van der Waals surface area contributed by atoms with E-state index in [0.717, 1.165) is 16.3 Å².